The van der Waals surface area contributed by atoms with Gasteiger partial charge in [0.2, 0.25) is 5.91 Å². The van der Waals surface area contributed by atoms with Crippen LogP contribution in [0.3, 0.4) is 0 Å². The third-order valence-electron chi connectivity index (χ3n) is 3.95. The first-order valence-corrected chi connectivity index (χ1v) is 7.83. The van der Waals surface area contributed by atoms with Crippen molar-refractivity contribution in [2.45, 2.75) is 45.2 Å². The molecule has 0 unspecified atom stereocenters. The maximum absolute atomic E-state index is 12.3. The normalized spacial score (nSPS) is 15.5. The van der Waals surface area contributed by atoms with Crippen molar-refractivity contribution in [1.82, 2.24) is 10.2 Å². The molecule has 1 amide bonds. The molecule has 1 N–H and O–H groups in total. The van der Waals surface area contributed by atoms with Gasteiger partial charge < -0.3 is 10.2 Å². The van der Waals surface area contributed by atoms with Crippen molar-refractivity contribution >= 4 is 17.5 Å². The van der Waals surface area contributed by atoms with E-state index in [1.54, 1.807) is 0 Å². The molecule has 1 saturated carbocycles. The molecular weight excluding hydrogens is 272 g/mol. The molecule has 0 saturated heterocycles. The van der Waals surface area contributed by atoms with Crippen molar-refractivity contribution in [3.63, 3.8) is 0 Å². The van der Waals surface area contributed by atoms with Crippen molar-refractivity contribution in [3.05, 3.63) is 34.9 Å². The summed E-state index contributed by atoms with van der Waals surface area (Å²) in [7, 11) is 0. The van der Waals surface area contributed by atoms with E-state index in [0.29, 0.717) is 25.7 Å². The van der Waals surface area contributed by atoms with Gasteiger partial charge in [-0.3, -0.25) is 4.79 Å². The van der Waals surface area contributed by atoms with Crippen LogP contribution < -0.4 is 5.32 Å². The van der Waals surface area contributed by atoms with Gasteiger partial charge in [0, 0.05) is 24.2 Å². The van der Waals surface area contributed by atoms with Crippen molar-refractivity contribution in [2.24, 2.45) is 0 Å². The first-order valence-electron chi connectivity index (χ1n) is 7.45. The van der Waals surface area contributed by atoms with E-state index in [1.807, 2.05) is 36.1 Å². The lowest BCUT2D eigenvalue weighted by molar-refractivity contribution is -0.130. The molecule has 0 heterocycles. The van der Waals surface area contributed by atoms with Crippen LogP contribution in [-0.2, 0) is 11.3 Å². The second-order valence-corrected chi connectivity index (χ2v) is 5.77. The van der Waals surface area contributed by atoms with Gasteiger partial charge in [-0.05, 0) is 31.4 Å². The molecule has 0 aromatic heterocycles. The zero-order valence-electron chi connectivity index (χ0n) is 12.1. The second kappa shape index (κ2) is 7.65. The zero-order valence-corrected chi connectivity index (χ0v) is 12.8. The minimum absolute atomic E-state index is 0.152. The first kappa shape index (κ1) is 15.3. The highest BCUT2D eigenvalue weighted by atomic mass is 35.5. The monoisotopic (exact) mass is 294 g/mol. The summed E-state index contributed by atoms with van der Waals surface area (Å²) in [4.78, 5) is 14.1. The van der Waals surface area contributed by atoms with Gasteiger partial charge in [0.1, 0.15) is 0 Å². The van der Waals surface area contributed by atoms with Gasteiger partial charge in [0.05, 0.1) is 6.54 Å². The number of hydrogen-bond acceptors (Lipinski definition) is 2. The molecule has 1 aromatic carbocycles. The Labute approximate surface area is 126 Å². The lowest BCUT2D eigenvalue weighted by atomic mass is 10.2. The number of halogens is 1. The highest BCUT2D eigenvalue weighted by Crippen LogP contribution is 2.18. The van der Waals surface area contributed by atoms with Gasteiger partial charge in [-0.1, -0.05) is 42.6 Å². The van der Waals surface area contributed by atoms with E-state index in [4.69, 9.17) is 11.6 Å². The smallest absolute Gasteiger partial charge is 0.236 e. The number of nitrogens with one attached hydrogen (secondary N) is 1. The van der Waals surface area contributed by atoms with Gasteiger partial charge in [-0.2, -0.15) is 0 Å². The average molecular weight is 295 g/mol. The predicted octanol–water partition coefficient (Wildman–Crippen LogP) is 3.22. The molecule has 4 heteroatoms. The van der Waals surface area contributed by atoms with Gasteiger partial charge in [0.25, 0.3) is 0 Å². The Bertz CT molecular complexity index is 444. The van der Waals surface area contributed by atoms with Crippen LogP contribution in [0.1, 0.15) is 38.2 Å². The van der Waals surface area contributed by atoms with E-state index in [2.05, 4.69) is 5.32 Å². The van der Waals surface area contributed by atoms with E-state index < -0.39 is 0 Å². The third-order valence-corrected chi connectivity index (χ3v) is 4.32. The summed E-state index contributed by atoms with van der Waals surface area (Å²) in [5.41, 5.74) is 1.00. The average Bonchev–Trinajstić information content (AvgIpc) is 2.97. The molecule has 110 valence electrons. The number of carbonyl (C=O) groups is 1. The summed E-state index contributed by atoms with van der Waals surface area (Å²) in [6.07, 6.45) is 4.96. The summed E-state index contributed by atoms with van der Waals surface area (Å²) in [5, 5.41) is 4.10. The van der Waals surface area contributed by atoms with Crippen LogP contribution in [0.15, 0.2) is 24.3 Å². The van der Waals surface area contributed by atoms with Crippen LogP contribution in [0.2, 0.25) is 5.02 Å². The lowest BCUT2D eigenvalue weighted by Gasteiger charge is -2.23. The molecule has 0 aliphatic heterocycles. The molecule has 0 radical (unpaired) electrons. The highest BCUT2D eigenvalue weighted by Gasteiger charge is 2.18. The van der Waals surface area contributed by atoms with E-state index in [1.165, 1.54) is 25.7 Å². The molecule has 20 heavy (non-hydrogen) atoms. The van der Waals surface area contributed by atoms with E-state index in [0.717, 1.165) is 10.6 Å². The molecule has 3 nitrogen and oxygen atoms in total. The Kier molecular flexibility index (Phi) is 5.86. The second-order valence-electron chi connectivity index (χ2n) is 5.36. The predicted molar refractivity (Wildman–Crippen MR) is 82.8 cm³/mol. The molecule has 1 aliphatic carbocycles. The Hall–Kier alpha value is -1.06. The molecule has 1 fully saturated rings. The van der Waals surface area contributed by atoms with E-state index in [-0.39, 0.29) is 5.91 Å². The van der Waals surface area contributed by atoms with Gasteiger partial charge in [0.15, 0.2) is 0 Å². The minimum atomic E-state index is 0.152. The Balaban J connectivity index is 1.87. The van der Waals surface area contributed by atoms with Crippen LogP contribution in [0.25, 0.3) is 0 Å². The Morgan fingerprint density at radius 3 is 2.70 bits per heavy atom. The quantitative estimate of drug-likeness (QED) is 0.874. The third kappa shape index (κ3) is 4.22. The number of hydrogen-bond donors (Lipinski definition) is 1. The van der Waals surface area contributed by atoms with Gasteiger partial charge in [-0.15, -0.1) is 0 Å². The zero-order chi connectivity index (χ0) is 14.4. The fourth-order valence-corrected chi connectivity index (χ4v) is 2.88. The lowest BCUT2D eigenvalue weighted by Crippen LogP contribution is -2.40. The largest absolute Gasteiger partial charge is 0.337 e. The number of amides is 1. The van der Waals surface area contributed by atoms with Gasteiger partial charge >= 0.3 is 0 Å². The van der Waals surface area contributed by atoms with Crippen LogP contribution in [0.5, 0.6) is 0 Å². The maximum atomic E-state index is 12.3. The van der Waals surface area contributed by atoms with Crippen molar-refractivity contribution in [2.75, 3.05) is 13.1 Å². The topological polar surface area (TPSA) is 32.3 Å². The number of carbonyl (C=O) groups excluding carboxylic acids is 1. The SMILES string of the molecule is CCN(Cc1ccccc1Cl)C(=O)CNC1CCCC1. The number of nitrogens with zero attached hydrogens (tertiary/aromatic N) is 1. The summed E-state index contributed by atoms with van der Waals surface area (Å²) in [5.74, 6) is 0.152. The molecule has 2 rings (SSSR count). The van der Waals surface area contributed by atoms with Crippen molar-refractivity contribution < 1.29 is 4.79 Å². The van der Waals surface area contributed by atoms with Crippen molar-refractivity contribution in [3.8, 4) is 0 Å². The fourth-order valence-electron chi connectivity index (χ4n) is 2.68. The molecule has 0 atom stereocenters. The fraction of sp³-hybridized carbons (Fsp3) is 0.562. The summed E-state index contributed by atoms with van der Waals surface area (Å²) in [6, 6.07) is 8.23. The van der Waals surface area contributed by atoms with Crippen LogP contribution >= 0.6 is 11.6 Å². The van der Waals surface area contributed by atoms with Crippen molar-refractivity contribution in [1.29, 1.82) is 0 Å². The number of likely N-dealkylation sites (N-methyl/N-ethyl adjacent to an activating group) is 1. The molecule has 1 aromatic rings. The number of rotatable bonds is 6. The number of benzene rings is 1. The maximum Gasteiger partial charge on any atom is 0.236 e. The Morgan fingerprint density at radius 2 is 2.05 bits per heavy atom. The minimum Gasteiger partial charge on any atom is -0.337 e. The highest BCUT2D eigenvalue weighted by molar-refractivity contribution is 6.31. The molecule has 0 spiro atoms. The van der Waals surface area contributed by atoms with Gasteiger partial charge in [-0.25, -0.2) is 0 Å². The molecule has 0 bridgehead atoms. The van der Waals surface area contributed by atoms with Crippen LogP contribution in [0.4, 0.5) is 0 Å². The summed E-state index contributed by atoms with van der Waals surface area (Å²) < 4.78 is 0. The summed E-state index contributed by atoms with van der Waals surface area (Å²) in [6.45, 7) is 3.73. The standard InChI is InChI=1S/C16H23ClN2O/c1-2-19(12-13-7-3-6-10-15(13)17)16(20)11-18-14-8-4-5-9-14/h3,6-7,10,14,18H,2,4-5,8-9,11-12H2,1H3. The van der Waals surface area contributed by atoms with E-state index >= 15 is 0 Å². The van der Waals surface area contributed by atoms with Crippen LogP contribution in [-0.4, -0.2) is 29.9 Å². The first-order chi connectivity index (χ1) is 9.70. The van der Waals surface area contributed by atoms with E-state index in [9.17, 15) is 4.79 Å². The molecule has 1 aliphatic rings. The Morgan fingerprint density at radius 1 is 1.35 bits per heavy atom. The van der Waals surface area contributed by atoms with Crippen LogP contribution in [0, 0.1) is 0 Å². The summed E-state index contributed by atoms with van der Waals surface area (Å²) >= 11 is 6.16. The molecular formula is C16H23ClN2O.